The predicted molar refractivity (Wildman–Crippen MR) is 116 cm³/mol. The van der Waals surface area contributed by atoms with Gasteiger partial charge in [0.2, 0.25) is 0 Å². The number of nitrogens with one attached hydrogen (secondary N) is 2. The number of aliphatic hydroxyl groups excluding tert-OH is 1. The number of rotatable bonds is 6. The van der Waals surface area contributed by atoms with Crippen molar-refractivity contribution in [3.8, 4) is 0 Å². The van der Waals surface area contributed by atoms with Crippen molar-refractivity contribution in [3.05, 3.63) is 35.9 Å². The quantitative estimate of drug-likeness (QED) is 0.660. The van der Waals surface area contributed by atoms with Crippen molar-refractivity contribution < 1.29 is 14.6 Å². The highest BCUT2D eigenvalue weighted by atomic mass is 16.5. The zero-order valence-electron chi connectivity index (χ0n) is 17.9. The molecule has 164 valence electrons. The molecule has 5 aliphatic carbocycles. The van der Waals surface area contributed by atoms with Gasteiger partial charge in [-0.05, 0) is 86.5 Å². The summed E-state index contributed by atoms with van der Waals surface area (Å²) in [5.41, 5.74) is 1.29. The number of amides is 1. The van der Waals surface area contributed by atoms with Gasteiger partial charge < -0.3 is 20.5 Å². The molecule has 1 unspecified atom stereocenters. The Morgan fingerprint density at radius 1 is 1.03 bits per heavy atom. The van der Waals surface area contributed by atoms with Crippen molar-refractivity contribution in [1.82, 2.24) is 10.6 Å². The molecule has 5 nitrogen and oxygen atoms in total. The molecule has 5 atom stereocenters. The molecule has 1 aromatic carbocycles. The Morgan fingerprint density at radius 2 is 1.73 bits per heavy atom. The summed E-state index contributed by atoms with van der Waals surface area (Å²) in [4.78, 5) is 12.3. The molecule has 5 heteroatoms. The Bertz CT molecular complexity index is 715. The monoisotopic (exact) mass is 412 g/mol. The van der Waals surface area contributed by atoms with Crippen LogP contribution in [0.4, 0.5) is 4.79 Å². The van der Waals surface area contributed by atoms with Crippen molar-refractivity contribution in [2.24, 2.45) is 23.2 Å². The first-order chi connectivity index (χ1) is 14.6. The van der Waals surface area contributed by atoms with Gasteiger partial charge in [-0.3, -0.25) is 0 Å². The number of hydrogen-bond donors (Lipinski definition) is 3. The number of aliphatic hydroxyl groups is 1. The third-order valence-corrected chi connectivity index (χ3v) is 8.35. The van der Waals surface area contributed by atoms with E-state index in [0.29, 0.717) is 18.7 Å². The van der Waals surface area contributed by atoms with Crippen LogP contribution in [0.1, 0.15) is 63.4 Å². The normalized spacial score (nSPS) is 39.6. The summed E-state index contributed by atoms with van der Waals surface area (Å²) in [6.45, 7) is 1.09. The van der Waals surface area contributed by atoms with Gasteiger partial charge in [0, 0.05) is 18.6 Å². The van der Waals surface area contributed by atoms with Crippen LogP contribution in [0.2, 0.25) is 0 Å². The van der Waals surface area contributed by atoms with Gasteiger partial charge in [0.15, 0.2) is 0 Å². The molecule has 0 heterocycles. The maximum Gasteiger partial charge on any atom is 0.407 e. The van der Waals surface area contributed by atoms with Gasteiger partial charge in [-0.1, -0.05) is 30.3 Å². The predicted octanol–water partition coefficient (Wildman–Crippen LogP) is 4.00. The van der Waals surface area contributed by atoms with E-state index in [4.69, 9.17) is 4.74 Å². The van der Waals surface area contributed by atoms with Crippen LogP contribution in [-0.2, 0) is 11.3 Å². The first kappa shape index (κ1) is 20.3. The van der Waals surface area contributed by atoms with E-state index < -0.39 is 0 Å². The third kappa shape index (κ3) is 4.38. The average molecular weight is 413 g/mol. The summed E-state index contributed by atoms with van der Waals surface area (Å²) in [5, 5.41) is 16.9. The third-order valence-electron chi connectivity index (χ3n) is 8.35. The van der Waals surface area contributed by atoms with Gasteiger partial charge in [-0.15, -0.1) is 0 Å². The lowest BCUT2D eigenvalue weighted by Crippen LogP contribution is -2.62. The number of hydrogen-bond acceptors (Lipinski definition) is 4. The summed E-state index contributed by atoms with van der Waals surface area (Å²) in [6, 6.07) is 11.1. The van der Waals surface area contributed by atoms with Crippen LogP contribution in [-0.4, -0.2) is 35.9 Å². The minimum absolute atomic E-state index is 0.0856. The van der Waals surface area contributed by atoms with Crippen LogP contribution in [0.25, 0.3) is 0 Å². The maximum atomic E-state index is 12.3. The van der Waals surface area contributed by atoms with Crippen molar-refractivity contribution >= 4 is 6.09 Å². The molecule has 0 aliphatic heterocycles. The maximum absolute atomic E-state index is 12.3. The zero-order valence-corrected chi connectivity index (χ0v) is 17.9. The number of alkyl carbamates (subject to hydrolysis) is 1. The molecule has 0 spiro atoms. The first-order valence-corrected chi connectivity index (χ1v) is 12.0. The lowest BCUT2D eigenvalue weighted by atomic mass is 9.48. The van der Waals surface area contributed by atoms with E-state index in [9.17, 15) is 9.90 Å². The summed E-state index contributed by atoms with van der Waals surface area (Å²) in [7, 11) is 0. The molecule has 4 bridgehead atoms. The van der Waals surface area contributed by atoms with Gasteiger partial charge in [-0.25, -0.2) is 4.79 Å². The second-order valence-electron chi connectivity index (χ2n) is 10.6. The van der Waals surface area contributed by atoms with Crippen LogP contribution in [0.5, 0.6) is 0 Å². The molecule has 5 saturated carbocycles. The first-order valence-electron chi connectivity index (χ1n) is 12.0. The van der Waals surface area contributed by atoms with Gasteiger partial charge >= 0.3 is 6.09 Å². The second-order valence-corrected chi connectivity index (χ2v) is 10.6. The fourth-order valence-corrected chi connectivity index (χ4v) is 7.23. The van der Waals surface area contributed by atoms with Crippen LogP contribution in [0.15, 0.2) is 30.3 Å². The van der Waals surface area contributed by atoms with E-state index in [0.717, 1.165) is 55.5 Å². The minimum Gasteiger partial charge on any atom is -0.445 e. The summed E-state index contributed by atoms with van der Waals surface area (Å²) in [5.74, 6) is 2.31. The number of ether oxygens (including phenoxy) is 1. The van der Waals surface area contributed by atoms with Gasteiger partial charge in [-0.2, -0.15) is 0 Å². The molecule has 5 aliphatic rings. The average Bonchev–Trinajstić information content (AvgIpc) is 2.75. The van der Waals surface area contributed by atoms with Crippen molar-refractivity contribution in [2.45, 2.75) is 82.6 Å². The van der Waals surface area contributed by atoms with E-state index in [1.54, 1.807) is 0 Å². The van der Waals surface area contributed by atoms with E-state index in [1.165, 1.54) is 32.1 Å². The summed E-state index contributed by atoms with van der Waals surface area (Å²) < 4.78 is 5.44. The van der Waals surface area contributed by atoms with Crippen molar-refractivity contribution in [2.75, 3.05) is 6.54 Å². The van der Waals surface area contributed by atoms with E-state index >= 15 is 0 Å². The number of benzene rings is 1. The van der Waals surface area contributed by atoms with E-state index in [1.807, 2.05) is 30.3 Å². The summed E-state index contributed by atoms with van der Waals surface area (Å²) in [6.07, 6.45) is 10.2. The summed E-state index contributed by atoms with van der Waals surface area (Å²) >= 11 is 0. The highest BCUT2D eigenvalue weighted by Gasteiger charge is 2.55. The lowest BCUT2D eigenvalue weighted by molar-refractivity contribution is -0.0787. The van der Waals surface area contributed by atoms with Crippen molar-refractivity contribution in [3.63, 3.8) is 0 Å². The molecule has 0 saturated heterocycles. The Balaban J connectivity index is 1.13. The number of carbonyl (C=O) groups is 1. The molecule has 1 aromatic rings. The fourth-order valence-electron chi connectivity index (χ4n) is 7.23. The molecule has 30 heavy (non-hydrogen) atoms. The Hall–Kier alpha value is -1.59. The van der Waals surface area contributed by atoms with Gasteiger partial charge in [0.1, 0.15) is 6.61 Å². The Labute approximate surface area is 180 Å². The minimum atomic E-state index is -0.287. The van der Waals surface area contributed by atoms with Crippen molar-refractivity contribution in [1.29, 1.82) is 0 Å². The Morgan fingerprint density at radius 3 is 2.43 bits per heavy atom. The molecule has 6 rings (SSSR count). The highest BCUT2D eigenvalue weighted by molar-refractivity contribution is 5.67. The SMILES string of the molecule is O=C(NC[C@]12CC3C[C@H](C1)[C@@H](N[C@H]1CC[C@H](O)CC1)[C@@H](C3)C2)OCc1ccccc1. The standard InChI is InChI=1S/C25H36N2O3/c28-22-8-6-21(7-9-22)27-23-19-10-18-11-20(23)14-25(12-18,13-19)16-26-24(29)30-15-17-4-2-1-3-5-17/h1-5,18-23,27-28H,6-16H2,(H,26,29)/t18?,19-,20+,21-,22-,23-,25-. The topological polar surface area (TPSA) is 70.6 Å². The highest BCUT2D eigenvalue weighted by Crippen LogP contribution is 2.60. The zero-order chi connectivity index (χ0) is 20.6. The molecular weight excluding hydrogens is 376 g/mol. The smallest absolute Gasteiger partial charge is 0.407 e. The molecule has 5 fully saturated rings. The molecule has 3 N–H and O–H groups in total. The van der Waals surface area contributed by atoms with E-state index in [-0.39, 0.29) is 17.6 Å². The molecule has 0 aromatic heterocycles. The molecular formula is C25H36N2O3. The van der Waals surface area contributed by atoms with E-state index in [2.05, 4.69) is 10.6 Å². The van der Waals surface area contributed by atoms with Crippen LogP contribution >= 0.6 is 0 Å². The van der Waals surface area contributed by atoms with Crippen LogP contribution < -0.4 is 10.6 Å². The molecule has 1 amide bonds. The van der Waals surface area contributed by atoms with Crippen LogP contribution in [0.3, 0.4) is 0 Å². The number of carbonyl (C=O) groups excluding carboxylic acids is 1. The largest absolute Gasteiger partial charge is 0.445 e. The Kier molecular flexibility index (Phi) is 5.76. The van der Waals surface area contributed by atoms with Gasteiger partial charge in [0.05, 0.1) is 6.10 Å². The lowest BCUT2D eigenvalue weighted by Gasteiger charge is -2.61. The molecule has 0 radical (unpaired) electrons. The van der Waals surface area contributed by atoms with Gasteiger partial charge in [0.25, 0.3) is 0 Å². The second kappa shape index (κ2) is 8.51. The van der Waals surface area contributed by atoms with Crippen LogP contribution in [0, 0.1) is 23.2 Å². The fraction of sp³-hybridized carbons (Fsp3) is 0.720.